The Kier molecular flexibility index (Phi) is 2.03. The highest BCUT2D eigenvalue weighted by molar-refractivity contribution is 5.93. The maximum absolute atomic E-state index is 12.5. The van der Waals surface area contributed by atoms with Gasteiger partial charge in [0, 0.05) is 23.2 Å². The van der Waals surface area contributed by atoms with Gasteiger partial charge in [0.15, 0.2) is 0 Å². The van der Waals surface area contributed by atoms with E-state index in [1.807, 2.05) is 0 Å². The minimum Gasteiger partial charge on any atom is -0.398 e. The number of halogens is 3. The number of nitrogens with two attached hydrogens (primary N) is 1. The van der Waals surface area contributed by atoms with Gasteiger partial charge < -0.3 is 5.73 Å². The van der Waals surface area contributed by atoms with Gasteiger partial charge in [-0.1, -0.05) is 6.07 Å². The minimum absolute atomic E-state index is 0.248. The molecule has 0 aliphatic rings. The van der Waals surface area contributed by atoms with Gasteiger partial charge in [0.25, 0.3) is 0 Å². The molecule has 78 valence electrons. The second-order valence-electron chi connectivity index (χ2n) is 3.12. The van der Waals surface area contributed by atoms with E-state index >= 15 is 0 Å². The maximum atomic E-state index is 12.5. The molecule has 0 aliphatic heterocycles. The molecule has 15 heavy (non-hydrogen) atoms. The molecule has 2 aromatic rings. The van der Waals surface area contributed by atoms with E-state index in [-0.39, 0.29) is 5.69 Å². The third kappa shape index (κ3) is 1.60. The quantitative estimate of drug-likeness (QED) is 0.682. The van der Waals surface area contributed by atoms with Gasteiger partial charge in [0.2, 0.25) is 0 Å². The summed E-state index contributed by atoms with van der Waals surface area (Å²) in [6.45, 7) is 0. The van der Waals surface area contributed by atoms with E-state index in [0.29, 0.717) is 10.8 Å². The number of hydrogen-bond acceptors (Lipinski definition) is 2. The lowest BCUT2D eigenvalue weighted by molar-refractivity contribution is -0.136. The van der Waals surface area contributed by atoms with E-state index in [0.717, 1.165) is 6.07 Å². The number of fused-ring (bicyclic) bond motifs is 1. The summed E-state index contributed by atoms with van der Waals surface area (Å²) >= 11 is 0. The van der Waals surface area contributed by atoms with Crippen LogP contribution < -0.4 is 5.73 Å². The van der Waals surface area contributed by atoms with Gasteiger partial charge >= 0.3 is 6.18 Å². The van der Waals surface area contributed by atoms with Crippen molar-refractivity contribution >= 4 is 16.5 Å². The first-order valence-corrected chi connectivity index (χ1v) is 4.19. The predicted molar refractivity (Wildman–Crippen MR) is 51.2 cm³/mol. The fourth-order valence-corrected chi connectivity index (χ4v) is 1.44. The maximum Gasteiger partial charge on any atom is 0.418 e. The smallest absolute Gasteiger partial charge is 0.398 e. The zero-order chi connectivity index (χ0) is 11.1. The van der Waals surface area contributed by atoms with Crippen molar-refractivity contribution in [3.05, 3.63) is 36.2 Å². The number of nitrogens with zero attached hydrogens (tertiary/aromatic N) is 1. The molecular weight excluding hydrogens is 205 g/mol. The van der Waals surface area contributed by atoms with Gasteiger partial charge in [-0.15, -0.1) is 0 Å². The molecular formula is C10H7F3N2. The van der Waals surface area contributed by atoms with Crippen LogP contribution in [0.4, 0.5) is 18.9 Å². The molecule has 0 radical (unpaired) electrons. The van der Waals surface area contributed by atoms with Crippen LogP contribution in [-0.4, -0.2) is 4.98 Å². The van der Waals surface area contributed by atoms with Crippen molar-refractivity contribution in [2.24, 2.45) is 0 Å². The van der Waals surface area contributed by atoms with Crippen LogP contribution in [0, 0.1) is 0 Å². The summed E-state index contributed by atoms with van der Waals surface area (Å²) in [4.78, 5) is 3.81. The molecule has 0 bridgehead atoms. The number of hydrogen-bond donors (Lipinski definition) is 1. The molecule has 1 aromatic carbocycles. The first-order chi connectivity index (χ1) is 7.00. The molecule has 0 fully saturated rings. The lowest BCUT2D eigenvalue weighted by atomic mass is 10.1. The topological polar surface area (TPSA) is 38.9 Å². The number of alkyl halides is 3. The molecule has 2 N–H and O–H groups in total. The highest BCUT2D eigenvalue weighted by Crippen LogP contribution is 2.36. The van der Waals surface area contributed by atoms with Crippen molar-refractivity contribution in [1.29, 1.82) is 0 Å². The molecule has 0 amide bonds. The summed E-state index contributed by atoms with van der Waals surface area (Å²) in [5.74, 6) is 0. The van der Waals surface area contributed by atoms with E-state index in [9.17, 15) is 13.2 Å². The number of rotatable bonds is 0. The van der Waals surface area contributed by atoms with E-state index in [2.05, 4.69) is 4.98 Å². The third-order valence-corrected chi connectivity index (χ3v) is 2.17. The Morgan fingerprint density at radius 1 is 1.13 bits per heavy atom. The van der Waals surface area contributed by atoms with Crippen LogP contribution in [0.25, 0.3) is 10.8 Å². The standard InChI is InChI=1S/C10H7F3N2/c11-10(12,13)8-2-1-6-5-15-4-3-7(6)9(8)14/h1-5H,14H2. The average molecular weight is 212 g/mol. The number of pyridine rings is 1. The third-order valence-electron chi connectivity index (χ3n) is 2.17. The van der Waals surface area contributed by atoms with E-state index in [4.69, 9.17) is 5.73 Å². The summed E-state index contributed by atoms with van der Waals surface area (Å²) in [5, 5.41) is 0.975. The Labute approximate surface area is 83.5 Å². The summed E-state index contributed by atoms with van der Waals surface area (Å²) in [7, 11) is 0. The Balaban J connectivity index is 2.76. The van der Waals surface area contributed by atoms with Crippen LogP contribution >= 0.6 is 0 Å². The highest BCUT2D eigenvalue weighted by atomic mass is 19.4. The summed E-state index contributed by atoms with van der Waals surface area (Å²) in [5.41, 5.74) is 4.41. The zero-order valence-electron chi connectivity index (χ0n) is 7.55. The Bertz CT molecular complexity index is 505. The Morgan fingerprint density at radius 2 is 1.87 bits per heavy atom. The van der Waals surface area contributed by atoms with Crippen LogP contribution in [0.5, 0.6) is 0 Å². The predicted octanol–water partition coefficient (Wildman–Crippen LogP) is 2.84. The van der Waals surface area contributed by atoms with E-state index in [1.165, 1.54) is 24.5 Å². The highest BCUT2D eigenvalue weighted by Gasteiger charge is 2.33. The minimum atomic E-state index is -4.42. The monoisotopic (exact) mass is 212 g/mol. The molecule has 0 spiro atoms. The first kappa shape index (κ1) is 9.76. The van der Waals surface area contributed by atoms with Crippen molar-refractivity contribution in [1.82, 2.24) is 4.98 Å². The van der Waals surface area contributed by atoms with Gasteiger partial charge in [-0.2, -0.15) is 13.2 Å². The molecule has 0 saturated carbocycles. The van der Waals surface area contributed by atoms with Crippen LogP contribution in [0.2, 0.25) is 0 Å². The van der Waals surface area contributed by atoms with E-state index in [1.54, 1.807) is 0 Å². The summed E-state index contributed by atoms with van der Waals surface area (Å²) < 4.78 is 37.4. The summed E-state index contributed by atoms with van der Waals surface area (Å²) in [6, 6.07) is 3.81. The lowest BCUT2D eigenvalue weighted by Crippen LogP contribution is -2.09. The van der Waals surface area contributed by atoms with Crippen LogP contribution in [0.3, 0.4) is 0 Å². The van der Waals surface area contributed by atoms with Crippen molar-refractivity contribution in [3.8, 4) is 0 Å². The number of anilines is 1. The van der Waals surface area contributed by atoms with Gasteiger partial charge in [0.05, 0.1) is 11.3 Å². The lowest BCUT2D eigenvalue weighted by Gasteiger charge is -2.11. The second-order valence-corrected chi connectivity index (χ2v) is 3.12. The fraction of sp³-hybridized carbons (Fsp3) is 0.100. The summed E-state index contributed by atoms with van der Waals surface area (Å²) in [6.07, 6.45) is -1.52. The molecule has 0 unspecified atom stereocenters. The normalized spacial score (nSPS) is 11.9. The largest absolute Gasteiger partial charge is 0.418 e. The van der Waals surface area contributed by atoms with Crippen LogP contribution in [0.1, 0.15) is 5.56 Å². The molecule has 2 nitrogen and oxygen atoms in total. The van der Waals surface area contributed by atoms with Gasteiger partial charge in [-0.25, -0.2) is 0 Å². The van der Waals surface area contributed by atoms with Crippen LogP contribution in [0.15, 0.2) is 30.6 Å². The van der Waals surface area contributed by atoms with Crippen molar-refractivity contribution in [2.45, 2.75) is 6.18 Å². The average Bonchev–Trinajstić information content (AvgIpc) is 2.16. The van der Waals surface area contributed by atoms with Gasteiger partial charge in [-0.3, -0.25) is 4.98 Å². The zero-order valence-corrected chi connectivity index (χ0v) is 7.55. The Morgan fingerprint density at radius 3 is 2.53 bits per heavy atom. The van der Waals surface area contributed by atoms with Crippen molar-refractivity contribution in [3.63, 3.8) is 0 Å². The number of nitrogen functional groups attached to an aromatic ring is 1. The van der Waals surface area contributed by atoms with Crippen molar-refractivity contribution < 1.29 is 13.2 Å². The SMILES string of the molecule is Nc1c(C(F)(F)F)ccc2cnccc12. The number of aromatic nitrogens is 1. The molecule has 1 heterocycles. The first-order valence-electron chi connectivity index (χ1n) is 4.19. The molecule has 2 rings (SSSR count). The molecule has 1 aromatic heterocycles. The van der Waals surface area contributed by atoms with Crippen LogP contribution in [-0.2, 0) is 6.18 Å². The molecule has 5 heteroatoms. The fourth-order valence-electron chi connectivity index (χ4n) is 1.44. The van der Waals surface area contributed by atoms with Gasteiger partial charge in [0.1, 0.15) is 0 Å². The van der Waals surface area contributed by atoms with Gasteiger partial charge in [-0.05, 0) is 12.1 Å². The molecule has 0 aliphatic carbocycles. The molecule has 0 saturated heterocycles. The van der Waals surface area contributed by atoms with Crippen molar-refractivity contribution in [2.75, 3.05) is 5.73 Å². The molecule has 0 atom stereocenters. The Hall–Kier alpha value is -1.78. The van der Waals surface area contributed by atoms with E-state index < -0.39 is 11.7 Å². The second kappa shape index (κ2) is 3.12. The number of benzene rings is 1.